The summed E-state index contributed by atoms with van der Waals surface area (Å²) in [5, 5.41) is 11.7. The molecule has 1 aliphatic heterocycles. The van der Waals surface area contributed by atoms with Crippen molar-refractivity contribution in [3.63, 3.8) is 0 Å². The zero-order chi connectivity index (χ0) is 28.4. The van der Waals surface area contributed by atoms with Crippen LogP contribution >= 0.6 is 0 Å². The van der Waals surface area contributed by atoms with Crippen molar-refractivity contribution < 1.29 is 13.6 Å². The van der Waals surface area contributed by atoms with Gasteiger partial charge in [-0.1, -0.05) is 12.1 Å². The van der Waals surface area contributed by atoms with Crippen LogP contribution in [0.4, 0.5) is 14.5 Å². The number of anilines is 1. The SMILES string of the molecule is Cn1cnnc1C[C@]1(c2cccc(N3Cc4c(cc(CNC5CCC(F)(F)C5)nc4C4CC4)C3=O)c2)C[C@H](CN)C1. The molecular formula is C31H37F2N7O. The molecule has 7 rings (SSSR count). The first-order valence-electron chi connectivity index (χ1n) is 14.8. The van der Waals surface area contributed by atoms with Crippen molar-refractivity contribution in [2.45, 2.75) is 87.8 Å². The van der Waals surface area contributed by atoms with Crippen LogP contribution in [0.3, 0.4) is 0 Å². The summed E-state index contributed by atoms with van der Waals surface area (Å²) in [5.41, 5.74) is 11.5. The molecule has 0 radical (unpaired) electrons. The average Bonchev–Trinajstić information content (AvgIpc) is 3.50. The zero-order valence-electron chi connectivity index (χ0n) is 23.5. The Labute approximate surface area is 238 Å². The van der Waals surface area contributed by atoms with Gasteiger partial charge in [0.25, 0.3) is 5.91 Å². The van der Waals surface area contributed by atoms with Crippen LogP contribution < -0.4 is 16.0 Å². The van der Waals surface area contributed by atoms with Gasteiger partial charge in [0.15, 0.2) is 0 Å². The lowest BCUT2D eigenvalue weighted by Gasteiger charge is -2.48. The minimum absolute atomic E-state index is 0.0223. The molecule has 0 bridgehead atoms. The highest BCUT2D eigenvalue weighted by Gasteiger charge is 2.46. The fourth-order valence-corrected chi connectivity index (χ4v) is 7.21. The van der Waals surface area contributed by atoms with Crippen LogP contribution in [0.25, 0.3) is 0 Å². The molecule has 0 saturated heterocycles. The van der Waals surface area contributed by atoms with E-state index in [4.69, 9.17) is 10.7 Å². The number of halogens is 2. The molecule has 1 unspecified atom stereocenters. The second-order valence-electron chi connectivity index (χ2n) is 12.7. The number of benzene rings is 1. The van der Waals surface area contributed by atoms with Crippen molar-refractivity contribution in [1.82, 2.24) is 25.1 Å². The lowest BCUT2D eigenvalue weighted by molar-refractivity contribution is 0.00685. The van der Waals surface area contributed by atoms with E-state index in [0.717, 1.165) is 60.6 Å². The fourth-order valence-electron chi connectivity index (χ4n) is 7.21. The third kappa shape index (κ3) is 4.95. The second kappa shape index (κ2) is 9.94. The number of carbonyl (C=O) groups is 1. The quantitative estimate of drug-likeness (QED) is 0.402. The van der Waals surface area contributed by atoms with E-state index in [2.05, 4.69) is 27.6 Å². The third-order valence-electron chi connectivity index (χ3n) is 9.70. The molecule has 0 spiro atoms. The van der Waals surface area contributed by atoms with Gasteiger partial charge in [-0.05, 0) is 68.3 Å². The zero-order valence-corrected chi connectivity index (χ0v) is 23.5. The molecule has 3 N–H and O–H groups in total. The van der Waals surface area contributed by atoms with E-state index in [1.54, 1.807) is 6.33 Å². The highest BCUT2D eigenvalue weighted by molar-refractivity contribution is 6.10. The first-order valence-corrected chi connectivity index (χ1v) is 14.8. The topological polar surface area (TPSA) is 102 Å². The summed E-state index contributed by atoms with van der Waals surface area (Å²) in [6.45, 7) is 1.56. The summed E-state index contributed by atoms with van der Waals surface area (Å²) in [6, 6.07) is 10.0. The summed E-state index contributed by atoms with van der Waals surface area (Å²) in [4.78, 5) is 20.7. The Morgan fingerprint density at radius 2 is 1.98 bits per heavy atom. The standard InChI is InChI=1S/C31H37F2N7O/c1-39-18-36-38-27(39)14-30(11-19(12-30)15-34)21-3-2-4-24(9-21)40-17-26-25(29(40)41)10-23(37-28(26)20-5-6-20)16-35-22-7-8-31(32,33)13-22/h2-4,9-10,18-20,22,35H,5-8,11-17,34H2,1H3/t19-,22?,30-. The van der Waals surface area contributed by atoms with E-state index >= 15 is 0 Å². The summed E-state index contributed by atoms with van der Waals surface area (Å²) in [6.07, 6.45) is 6.85. The number of nitrogens with zero attached hydrogens (tertiary/aromatic N) is 5. The number of aromatic nitrogens is 4. The van der Waals surface area contributed by atoms with Crippen LogP contribution in [0.2, 0.25) is 0 Å². The number of amides is 1. The minimum atomic E-state index is -2.59. The summed E-state index contributed by atoms with van der Waals surface area (Å²) in [5.74, 6) is -0.829. The lowest BCUT2D eigenvalue weighted by Crippen LogP contribution is -2.46. The summed E-state index contributed by atoms with van der Waals surface area (Å²) < 4.78 is 29.4. The van der Waals surface area contributed by atoms with Gasteiger partial charge >= 0.3 is 0 Å². The molecule has 1 amide bonds. The van der Waals surface area contributed by atoms with Gasteiger partial charge in [0.05, 0.1) is 12.2 Å². The molecule has 3 aromatic rings. The summed E-state index contributed by atoms with van der Waals surface area (Å²) >= 11 is 0. The van der Waals surface area contributed by atoms with Crippen LogP contribution in [0.5, 0.6) is 0 Å². The Morgan fingerprint density at radius 1 is 1.15 bits per heavy atom. The highest BCUT2D eigenvalue weighted by Crippen LogP contribution is 2.50. The van der Waals surface area contributed by atoms with Crippen molar-refractivity contribution in [3.05, 3.63) is 70.6 Å². The van der Waals surface area contributed by atoms with Gasteiger partial charge in [0, 0.05) is 72.7 Å². The molecule has 3 fully saturated rings. The molecule has 10 heteroatoms. The maximum absolute atomic E-state index is 13.9. The molecule has 1 atom stereocenters. The first kappa shape index (κ1) is 26.6. The molecule has 3 saturated carbocycles. The van der Waals surface area contributed by atoms with E-state index in [1.807, 2.05) is 34.7 Å². The average molecular weight is 562 g/mol. The number of nitrogens with two attached hydrogens (primary N) is 1. The van der Waals surface area contributed by atoms with Gasteiger partial charge in [-0.25, -0.2) is 8.78 Å². The Balaban J connectivity index is 1.15. The molecule has 216 valence electrons. The number of fused-ring (bicyclic) bond motifs is 1. The Morgan fingerprint density at radius 3 is 2.66 bits per heavy atom. The van der Waals surface area contributed by atoms with Crippen LogP contribution in [0, 0.1) is 5.92 Å². The molecule has 3 heterocycles. The highest BCUT2D eigenvalue weighted by atomic mass is 19.3. The van der Waals surface area contributed by atoms with Gasteiger partial charge in [-0.3, -0.25) is 9.78 Å². The predicted octanol–water partition coefficient (Wildman–Crippen LogP) is 4.37. The van der Waals surface area contributed by atoms with E-state index < -0.39 is 5.92 Å². The van der Waals surface area contributed by atoms with Crippen LogP contribution in [-0.2, 0) is 32.0 Å². The number of rotatable bonds is 9. The monoisotopic (exact) mass is 561 g/mol. The van der Waals surface area contributed by atoms with E-state index in [0.29, 0.717) is 43.5 Å². The Kier molecular flexibility index (Phi) is 6.46. The molecule has 1 aromatic carbocycles. The largest absolute Gasteiger partial charge is 0.330 e. The van der Waals surface area contributed by atoms with Crippen LogP contribution in [-0.4, -0.2) is 44.2 Å². The Bertz CT molecular complexity index is 1480. The van der Waals surface area contributed by atoms with Crippen molar-refractivity contribution in [2.24, 2.45) is 18.7 Å². The van der Waals surface area contributed by atoms with Crippen molar-refractivity contribution in [3.8, 4) is 0 Å². The van der Waals surface area contributed by atoms with Gasteiger partial charge in [0.1, 0.15) is 12.2 Å². The normalized spacial score (nSPS) is 26.8. The van der Waals surface area contributed by atoms with Crippen LogP contribution in [0.1, 0.15) is 89.6 Å². The molecule has 41 heavy (non-hydrogen) atoms. The molecule has 4 aliphatic rings. The van der Waals surface area contributed by atoms with Crippen molar-refractivity contribution in [1.29, 1.82) is 0 Å². The molecular weight excluding hydrogens is 524 g/mol. The van der Waals surface area contributed by atoms with Gasteiger partial charge in [-0.15, -0.1) is 10.2 Å². The fraction of sp³-hybridized carbons (Fsp3) is 0.548. The number of alkyl halides is 2. The van der Waals surface area contributed by atoms with Gasteiger partial charge in [-0.2, -0.15) is 0 Å². The number of aryl methyl sites for hydroxylation is 1. The summed E-state index contributed by atoms with van der Waals surface area (Å²) in [7, 11) is 1.97. The molecule has 3 aliphatic carbocycles. The second-order valence-corrected chi connectivity index (χ2v) is 12.7. The maximum atomic E-state index is 13.9. The molecule has 8 nitrogen and oxygen atoms in total. The van der Waals surface area contributed by atoms with Crippen LogP contribution in [0.15, 0.2) is 36.7 Å². The van der Waals surface area contributed by atoms with Crippen molar-refractivity contribution >= 4 is 11.6 Å². The van der Waals surface area contributed by atoms with Gasteiger partial charge in [0.2, 0.25) is 5.92 Å². The van der Waals surface area contributed by atoms with E-state index in [1.165, 1.54) is 5.56 Å². The van der Waals surface area contributed by atoms with E-state index in [-0.39, 0.29) is 30.2 Å². The minimum Gasteiger partial charge on any atom is -0.330 e. The number of pyridine rings is 1. The Hall–Kier alpha value is -3.24. The smallest absolute Gasteiger partial charge is 0.259 e. The van der Waals surface area contributed by atoms with Gasteiger partial charge < -0.3 is 20.5 Å². The molecule has 2 aromatic heterocycles. The predicted molar refractivity (Wildman–Crippen MR) is 151 cm³/mol. The maximum Gasteiger partial charge on any atom is 0.259 e. The number of hydrogen-bond acceptors (Lipinski definition) is 6. The third-order valence-corrected chi connectivity index (χ3v) is 9.70. The van der Waals surface area contributed by atoms with Crippen molar-refractivity contribution in [2.75, 3.05) is 11.4 Å². The number of nitrogens with one attached hydrogen (secondary N) is 1. The number of hydrogen-bond donors (Lipinski definition) is 2. The lowest BCUT2D eigenvalue weighted by atomic mass is 9.57. The van der Waals surface area contributed by atoms with E-state index in [9.17, 15) is 13.6 Å². The number of carbonyl (C=O) groups excluding carboxylic acids is 1. The first-order chi connectivity index (χ1) is 19.7.